The molecule has 0 amide bonds. The number of aryl methyl sites for hydroxylation is 1. The first-order valence-electron chi connectivity index (χ1n) is 5.73. The van der Waals surface area contributed by atoms with Crippen molar-refractivity contribution in [3.8, 4) is 0 Å². The van der Waals surface area contributed by atoms with Gasteiger partial charge in [-0.1, -0.05) is 22.0 Å². The summed E-state index contributed by atoms with van der Waals surface area (Å²) in [5, 5.41) is 12.5. The number of thiazole rings is 1. The largest absolute Gasteiger partial charge is 0.416 e. The van der Waals surface area contributed by atoms with Crippen molar-refractivity contribution in [3.63, 3.8) is 0 Å². The van der Waals surface area contributed by atoms with Crippen LogP contribution in [0.1, 0.15) is 27.9 Å². The van der Waals surface area contributed by atoms with Crippen molar-refractivity contribution >= 4 is 27.3 Å². The molecular weight excluding hydrogens is 355 g/mol. The molecule has 1 N–H and O–H groups in total. The maximum absolute atomic E-state index is 13.0. The van der Waals surface area contributed by atoms with E-state index < -0.39 is 17.8 Å². The number of benzene rings is 1. The Morgan fingerprint density at radius 2 is 2.10 bits per heavy atom. The molecule has 2 rings (SSSR count). The number of aliphatic hydroxyl groups is 1. The highest BCUT2D eigenvalue weighted by Gasteiger charge is 2.35. The van der Waals surface area contributed by atoms with Crippen LogP contribution in [-0.4, -0.2) is 10.1 Å². The van der Waals surface area contributed by atoms with Gasteiger partial charge < -0.3 is 5.11 Å². The van der Waals surface area contributed by atoms with Crippen LogP contribution in [0.25, 0.3) is 0 Å². The van der Waals surface area contributed by atoms with E-state index in [0.29, 0.717) is 9.48 Å². The number of rotatable bonds is 3. The predicted octanol–water partition coefficient (Wildman–Crippen LogP) is 4.51. The van der Waals surface area contributed by atoms with E-state index in [1.54, 1.807) is 12.3 Å². The number of hydrogen-bond acceptors (Lipinski definition) is 3. The molecule has 1 heterocycles. The van der Waals surface area contributed by atoms with E-state index in [0.717, 1.165) is 11.8 Å². The first-order chi connectivity index (χ1) is 9.27. The molecule has 0 aliphatic rings. The first-order valence-corrected chi connectivity index (χ1v) is 7.40. The number of alkyl halides is 3. The van der Waals surface area contributed by atoms with Gasteiger partial charge in [-0.05, 0) is 24.6 Å². The van der Waals surface area contributed by atoms with Crippen molar-refractivity contribution in [2.24, 2.45) is 0 Å². The lowest BCUT2D eigenvalue weighted by Crippen LogP contribution is -2.13. The lowest BCUT2D eigenvalue weighted by Gasteiger charge is -2.17. The van der Waals surface area contributed by atoms with Crippen molar-refractivity contribution in [1.82, 2.24) is 4.98 Å². The fourth-order valence-corrected chi connectivity index (χ4v) is 3.01. The van der Waals surface area contributed by atoms with Crippen molar-refractivity contribution in [3.05, 3.63) is 49.9 Å². The molecule has 2 nitrogen and oxygen atoms in total. The molecule has 108 valence electrons. The molecule has 0 aliphatic carbocycles. The molecule has 0 fully saturated rings. The van der Waals surface area contributed by atoms with Gasteiger partial charge in [0.1, 0.15) is 0 Å². The Labute approximate surface area is 126 Å². The molecule has 0 radical (unpaired) electrons. The molecule has 0 bridgehead atoms. The maximum Gasteiger partial charge on any atom is 0.416 e. The van der Waals surface area contributed by atoms with E-state index >= 15 is 0 Å². The summed E-state index contributed by atoms with van der Waals surface area (Å²) in [6.07, 6.45) is -5.66. The third-order valence-electron chi connectivity index (χ3n) is 2.71. The van der Waals surface area contributed by atoms with Gasteiger partial charge in [0, 0.05) is 22.0 Å². The number of hydrogen-bond donors (Lipinski definition) is 1. The third kappa shape index (κ3) is 3.59. The number of halogens is 4. The highest BCUT2D eigenvalue weighted by atomic mass is 79.9. The minimum absolute atomic E-state index is 0.0726. The summed E-state index contributed by atoms with van der Waals surface area (Å²) in [5.41, 5.74) is -0.162. The fraction of sp³-hybridized carbons (Fsp3) is 0.308. The molecule has 7 heteroatoms. The minimum atomic E-state index is -4.50. The van der Waals surface area contributed by atoms with Crippen molar-refractivity contribution in [1.29, 1.82) is 0 Å². The van der Waals surface area contributed by atoms with Crippen molar-refractivity contribution in [2.45, 2.75) is 25.6 Å². The Balaban J connectivity index is 2.32. The van der Waals surface area contributed by atoms with E-state index in [9.17, 15) is 18.3 Å². The summed E-state index contributed by atoms with van der Waals surface area (Å²) in [7, 11) is 0. The average Bonchev–Trinajstić information content (AvgIpc) is 2.73. The van der Waals surface area contributed by atoms with Crippen LogP contribution in [0.5, 0.6) is 0 Å². The standard InChI is InChI=1S/C13H11BrF3NOS/c1-7-6-20-12(18-7)5-11(19)9-3-2-8(14)4-10(9)13(15,16)17/h2-4,6,11,19H,5H2,1H3. The maximum atomic E-state index is 13.0. The normalized spacial score (nSPS) is 13.5. The lowest BCUT2D eigenvalue weighted by atomic mass is 10.00. The summed E-state index contributed by atoms with van der Waals surface area (Å²) in [6, 6.07) is 3.75. The molecular formula is C13H11BrF3NOS. The van der Waals surface area contributed by atoms with Crippen LogP contribution >= 0.6 is 27.3 Å². The van der Waals surface area contributed by atoms with E-state index in [1.807, 2.05) is 0 Å². The van der Waals surface area contributed by atoms with Gasteiger partial charge in [-0.2, -0.15) is 13.2 Å². The highest BCUT2D eigenvalue weighted by molar-refractivity contribution is 9.10. The highest BCUT2D eigenvalue weighted by Crippen LogP contribution is 2.37. The zero-order valence-corrected chi connectivity index (χ0v) is 12.8. The topological polar surface area (TPSA) is 33.1 Å². The second-order valence-electron chi connectivity index (χ2n) is 4.33. The molecule has 1 aromatic heterocycles. The quantitative estimate of drug-likeness (QED) is 0.867. The molecule has 0 saturated carbocycles. The second-order valence-corrected chi connectivity index (χ2v) is 6.19. The molecule has 2 aromatic rings. The Morgan fingerprint density at radius 1 is 1.40 bits per heavy atom. The van der Waals surface area contributed by atoms with E-state index in [-0.39, 0.29) is 12.0 Å². The molecule has 1 aromatic carbocycles. The summed E-state index contributed by atoms with van der Waals surface area (Å²) < 4.78 is 39.3. The number of nitrogens with zero attached hydrogens (tertiary/aromatic N) is 1. The number of aliphatic hydroxyl groups excluding tert-OH is 1. The van der Waals surface area contributed by atoms with Crippen LogP contribution in [-0.2, 0) is 12.6 Å². The molecule has 0 spiro atoms. The Hall–Kier alpha value is -0.920. The van der Waals surface area contributed by atoms with Gasteiger partial charge in [0.15, 0.2) is 0 Å². The van der Waals surface area contributed by atoms with Crippen molar-refractivity contribution in [2.75, 3.05) is 0 Å². The predicted molar refractivity (Wildman–Crippen MR) is 74.7 cm³/mol. The lowest BCUT2D eigenvalue weighted by molar-refractivity contribution is -0.139. The minimum Gasteiger partial charge on any atom is -0.388 e. The summed E-state index contributed by atoms with van der Waals surface area (Å²) in [4.78, 5) is 4.15. The van der Waals surface area contributed by atoms with Crippen LogP contribution in [0, 0.1) is 6.92 Å². The van der Waals surface area contributed by atoms with Crippen LogP contribution < -0.4 is 0 Å². The van der Waals surface area contributed by atoms with E-state index in [1.165, 1.54) is 23.5 Å². The zero-order valence-electron chi connectivity index (χ0n) is 10.4. The van der Waals surface area contributed by atoms with Crippen LogP contribution in [0.4, 0.5) is 13.2 Å². The molecule has 1 atom stereocenters. The monoisotopic (exact) mass is 365 g/mol. The van der Waals surface area contributed by atoms with Gasteiger partial charge >= 0.3 is 6.18 Å². The summed E-state index contributed by atoms with van der Waals surface area (Å²) >= 11 is 4.34. The summed E-state index contributed by atoms with van der Waals surface area (Å²) in [6.45, 7) is 1.80. The van der Waals surface area contributed by atoms with Gasteiger partial charge in [-0.25, -0.2) is 4.98 Å². The molecule has 1 unspecified atom stereocenters. The fourth-order valence-electron chi connectivity index (χ4n) is 1.84. The van der Waals surface area contributed by atoms with Gasteiger partial charge in [-0.3, -0.25) is 0 Å². The van der Waals surface area contributed by atoms with Gasteiger partial charge in [0.05, 0.1) is 16.7 Å². The zero-order chi connectivity index (χ0) is 14.9. The van der Waals surface area contributed by atoms with E-state index in [4.69, 9.17) is 0 Å². The van der Waals surface area contributed by atoms with Gasteiger partial charge in [0.2, 0.25) is 0 Å². The SMILES string of the molecule is Cc1csc(CC(O)c2ccc(Br)cc2C(F)(F)F)n1. The van der Waals surface area contributed by atoms with Gasteiger partial charge in [-0.15, -0.1) is 11.3 Å². The Kier molecular flexibility index (Phi) is 4.51. The molecule has 0 aliphatic heterocycles. The first kappa shape index (κ1) is 15.5. The third-order valence-corrected chi connectivity index (χ3v) is 4.20. The van der Waals surface area contributed by atoms with Gasteiger partial charge in [0.25, 0.3) is 0 Å². The van der Waals surface area contributed by atoms with E-state index in [2.05, 4.69) is 20.9 Å². The Morgan fingerprint density at radius 3 is 2.65 bits per heavy atom. The van der Waals surface area contributed by atoms with Crippen LogP contribution in [0.15, 0.2) is 28.1 Å². The smallest absolute Gasteiger partial charge is 0.388 e. The number of aromatic nitrogens is 1. The van der Waals surface area contributed by atoms with Crippen LogP contribution in [0.3, 0.4) is 0 Å². The average molecular weight is 366 g/mol. The van der Waals surface area contributed by atoms with Crippen molar-refractivity contribution < 1.29 is 18.3 Å². The second kappa shape index (κ2) is 5.83. The molecule has 20 heavy (non-hydrogen) atoms. The van der Waals surface area contributed by atoms with Crippen LogP contribution in [0.2, 0.25) is 0 Å². The molecule has 0 saturated heterocycles. The Bertz CT molecular complexity index is 612. The summed E-state index contributed by atoms with van der Waals surface area (Å²) in [5.74, 6) is 0.